The first kappa shape index (κ1) is 53.6. The number of allylic oxidation sites excluding steroid dienone is 6. The first-order chi connectivity index (χ1) is 26.7. The molecule has 0 aliphatic carbocycles. The predicted molar refractivity (Wildman–Crippen MR) is 241 cm³/mol. The fourth-order valence-corrected chi connectivity index (χ4v) is 7.55. The Kier molecular flexibility index (Phi) is 39.7. The standard InChI is InChI=1S/C50H95NO4/c1-6-8-10-12-14-16-18-20-22-23-25-27-29-31-33-37-42-50(54,55-45-39-44-51(5)43-38-34-36-41-49(52)53)46-48(47(3)4)40-35-32-30-28-26-24-21-19-17-15-13-11-9-7-2/h14-17,20,22,47-48,54H,6-13,18-19,21,23-46H2,1-5H3,(H,52,53)/b16-14-,17-15-,22-20-. The molecule has 5 nitrogen and oxygen atoms in total. The molecule has 0 radical (unpaired) electrons. The molecule has 0 aromatic carbocycles. The van der Waals surface area contributed by atoms with Gasteiger partial charge in [0.1, 0.15) is 0 Å². The smallest absolute Gasteiger partial charge is 0.303 e. The molecule has 0 amide bonds. The molecule has 2 atom stereocenters. The van der Waals surface area contributed by atoms with E-state index in [4.69, 9.17) is 9.84 Å². The van der Waals surface area contributed by atoms with E-state index in [1.54, 1.807) is 0 Å². The van der Waals surface area contributed by atoms with E-state index < -0.39 is 11.8 Å². The van der Waals surface area contributed by atoms with E-state index in [1.165, 1.54) is 141 Å². The van der Waals surface area contributed by atoms with Crippen LogP contribution in [0.1, 0.15) is 233 Å². The molecule has 0 aromatic rings. The molecule has 5 heteroatoms. The van der Waals surface area contributed by atoms with Gasteiger partial charge in [-0.15, -0.1) is 0 Å². The number of aliphatic hydroxyl groups is 1. The van der Waals surface area contributed by atoms with Crippen LogP contribution in [0.25, 0.3) is 0 Å². The van der Waals surface area contributed by atoms with E-state index in [0.717, 1.165) is 70.9 Å². The number of carbonyl (C=O) groups is 1. The van der Waals surface area contributed by atoms with Gasteiger partial charge < -0.3 is 19.8 Å². The van der Waals surface area contributed by atoms with Crippen LogP contribution in [-0.2, 0) is 9.53 Å². The van der Waals surface area contributed by atoms with Crippen molar-refractivity contribution in [1.82, 2.24) is 4.90 Å². The monoisotopic (exact) mass is 774 g/mol. The summed E-state index contributed by atoms with van der Waals surface area (Å²) in [4.78, 5) is 13.1. The van der Waals surface area contributed by atoms with Crippen LogP contribution >= 0.6 is 0 Å². The molecule has 0 saturated carbocycles. The van der Waals surface area contributed by atoms with Gasteiger partial charge in [0.2, 0.25) is 0 Å². The van der Waals surface area contributed by atoms with E-state index in [0.29, 0.717) is 18.4 Å². The number of nitrogens with zero attached hydrogens (tertiary/aromatic N) is 1. The molecule has 0 aliphatic heterocycles. The highest BCUT2D eigenvalue weighted by Crippen LogP contribution is 2.33. The summed E-state index contributed by atoms with van der Waals surface area (Å²) in [6.07, 6.45) is 51.1. The highest BCUT2D eigenvalue weighted by atomic mass is 16.6. The Morgan fingerprint density at radius 3 is 1.58 bits per heavy atom. The third kappa shape index (κ3) is 39.2. The number of carboxylic acid groups (broad SMARTS) is 1. The Balaban J connectivity index is 4.62. The Hall–Kier alpha value is -1.43. The zero-order chi connectivity index (χ0) is 40.5. The first-order valence-corrected chi connectivity index (χ1v) is 24.0. The van der Waals surface area contributed by atoms with Crippen LogP contribution in [0.5, 0.6) is 0 Å². The first-order valence-electron chi connectivity index (χ1n) is 24.0. The number of ether oxygens (including phenoxy) is 1. The van der Waals surface area contributed by atoms with Crippen LogP contribution in [0.15, 0.2) is 36.5 Å². The number of aliphatic carboxylic acids is 1. The molecular weight excluding hydrogens is 679 g/mol. The number of hydrogen-bond donors (Lipinski definition) is 2. The molecule has 55 heavy (non-hydrogen) atoms. The highest BCUT2D eigenvalue weighted by Gasteiger charge is 2.32. The SMILES string of the molecule is CCCCC/C=C\C/C=C\CCCCCCCCC(O)(CC(CCCCCCCCC/C=C\CCCCC)C(C)C)OCCCN(C)CCCCCC(=O)O. The Morgan fingerprint density at radius 2 is 1.05 bits per heavy atom. The van der Waals surface area contributed by atoms with Crippen LogP contribution in [0.4, 0.5) is 0 Å². The zero-order valence-corrected chi connectivity index (χ0v) is 37.5. The minimum absolute atomic E-state index is 0.264. The maximum atomic E-state index is 12.0. The third-order valence-electron chi connectivity index (χ3n) is 11.4. The quantitative estimate of drug-likeness (QED) is 0.0367. The second-order valence-corrected chi connectivity index (χ2v) is 17.2. The summed E-state index contributed by atoms with van der Waals surface area (Å²) in [5, 5.41) is 20.8. The van der Waals surface area contributed by atoms with Crippen molar-refractivity contribution in [3.8, 4) is 0 Å². The third-order valence-corrected chi connectivity index (χ3v) is 11.4. The van der Waals surface area contributed by atoms with Crippen LogP contribution in [0, 0.1) is 11.8 Å². The molecule has 0 heterocycles. The van der Waals surface area contributed by atoms with Gasteiger partial charge in [-0.25, -0.2) is 0 Å². The zero-order valence-electron chi connectivity index (χ0n) is 37.5. The van der Waals surface area contributed by atoms with Gasteiger partial charge in [-0.3, -0.25) is 4.79 Å². The average Bonchev–Trinajstić information content (AvgIpc) is 3.15. The maximum absolute atomic E-state index is 12.0. The average molecular weight is 774 g/mol. The normalized spacial score (nSPS) is 14.0. The second-order valence-electron chi connectivity index (χ2n) is 17.2. The minimum Gasteiger partial charge on any atom is -0.481 e. The molecule has 2 unspecified atom stereocenters. The van der Waals surface area contributed by atoms with Crippen molar-refractivity contribution >= 4 is 5.97 Å². The van der Waals surface area contributed by atoms with Crippen LogP contribution in [0.3, 0.4) is 0 Å². The van der Waals surface area contributed by atoms with Crippen molar-refractivity contribution in [3.05, 3.63) is 36.5 Å². The molecule has 0 fully saturated rings. The number of carboxylic acids is 1. The predicted octanol–water partition coefficient (Wildman–Crippen LogP) is 15.2. The van der Waals surface area contributed by atoms with Crippen molar-refractivity contribution in [2.24, 2.45) is 11.8 Å². The summed E-state index contributed by atoms with van der Waals surface area (Å²) >= 11 is 0. The number of rotatable bonds is 43. The van der Waals surface area contributed by atoms with Gasteiger partial charge in [-0.1, -0.05) is 167 Å². The molecule has 0 spiro atoms. The van der Waals surface area contributed by atoms with Crippen molar-refractivity contribution < 1.29 is 19.7 Å². The molecule has 0 bridgehead atoms. The highest BCUT2D eigenvalue weighted by molar-refractivity contribution is 5.66. The summed E-state index contributed by atoms with van der Waals surface area (Å²) in [5.41, 5.74) is 0. The molecule has 0 aliphatic rings. The van der Waals surface area contributed by atoms with E-state index in [-0.39, 0.29) is 6.42 Å². The van der Waals surface area contributed by atoms with E-state index in [1.807, 2.05) is 0 Å². The van der Waals surface area contributed by atoms with E-state index in [2.05, 4.69) is 76.1 Å². The van der Waals surface area contributed by atoms with Crippen molar-refractivity contribution in [2.75, 3.05) is 26.7 Å². The summed E-state index contributed by atoms with van der Waals surface area (Å²) in [7, 11) is 2.14. The molecule has 0 saturated heterocycles. The van der Waals surface area contributed by atoms with Gasteiger partial charge in [-0.2, -0.15) is 0 Å². The Labute approximate surface area is 343 Å². The lowest BCUT2D eigenvalue weighted by Gasteiger charge is -2.34. The molecular formula is C50H95NO4. The summed E-state index contributed by atoms with van der Waals surface area (Å²) in [6.45, 7) is 11.7. The van der Waals surface area contributed by atoms with E-state index in [9.17, 15) is 9.90 Å². The lowest BCUT2D eigenvalue weighted by atomic mass is 9.83. The molecule has 324 valence electrons. The van der Waals surface area contributed by atoms with Gasteiger partial charge in [0.05, 0.1) is 6.61 Å². The minimum atomic E-state index is -1.04. The van der Waals surface area contributed by atoms with Crippen molar-refractivity contribution in [1.29, 1.82) is 0 Å². The van der Waals surface area contributed by atoms with Gasteiger partial charge in [0.25, 0.3) is 0 Å². The number of hydrogen-bond acceptors (Lipinski definition) is 4. The molecule has 0 aromatic heterocycles. The van der Waals surface area contributed by atoms with Crippen LogP contribution in [-0.4, -0.2) is 53.6 Å². The lowest BCUT2D eigenvalue weighted by molar-refractivity contribution is -0.222. The topological polar surface area (TPSA) is 70.0 Å². The molecule has 0 rings (SSSR count). The van der Waals surface area contributed by atoms with Crippen LogP contribution in [0.2, 0.25) is 0 Å². The molecule has 2 N–H and O–H groups in total. The van der Waals surface area contributed by atoms with Crippen molar-refractivity contribution in [3.63, 3.8) is 0 Å². The number of unbranched alkanes of at least 4 members (excludes halogenated alkanes) is 21. The van der Waals surface area contributed by atoms with Crippen molar-refractivity contribution in [2.45, 2.75) is 239 Å². The van der Waals surface area contributed by atoms with Crippen LogP contribution < -0.4 is 0 Å². The lowest BCUT2D eigenvalue weighted by Crippen LogP contribution is -2.37. The largest absolute Gasteiger partial charge is 0.481 e. The summed E-state index contributed by atoms with van der Waals surface area (Å²) in [6, 6.07) is 0. The Morgan fingerprint density at radius 1 is 0.600 bits per heavy atom. The van der Waals surface area contributed by atoms with Gasteiger partial charge in [-0.05, 0) is 109 Å². The second kappa shape index (κ2) is 40.8. The fourth-order valence-electron chi connectivity index (χ4n) is 7.55. The van der Waals surface area contributed by atoms with Gasteiger partial charge >= 0.3 is 5.97 Å². The summed E-state index contributed by atoms with van der Waals surface area (Å²) in [5.74, 6) is -0.726. The van der Waals surface area contributed by atoms with Gasteiger partial charge in [0, 0.05) is 25.8 Å². The fraction of sp³-hybridized carbons (Fsp3) is 0.860. The Bertz CT molecular complexity index is 898. The maximum Gasteiger partial charge on any atom is 0.303 e. The van der Waals surface area contributed by atoms with Gasteiger partial charge in [0.15, 0.2) is 5.79 Å². The van der Waals surface area contributed by atoms with E-state index >= 15 is 0 Å². The summed E-state index contributed by atoms with van der Waals surface area (Å²) < 4.78 is 6.42.